The molecule has 0 saturated heterocycles. The second-order valence-corrected chi connectivity index (χ2v) is 6.37. The highest BCUT2D eigenvalue weighted by atomic mass is 32.2. The van der Waals surface area contributed by atoms with Crippen LogP contribution in [0.25, 0.3) is 16.6 Å². The number of fused-ring (bicyclic) bond motifs is 1. The van der Waals surface area contributed by atoms with Crippen molar-refractivity contribution in [3.05, 3.63) is 60.1 Å². The summed E-state index contributed by atoms with van der Waals surface area (Å²) in [5.41, 5.74) is 1.49. The zero-order valence-corrected chi connectivity index (χ0v) is 15.2. The van der Waals surface area contributed by atoms with Crippen molar-refractivity contribution in [2.45, 2.75) is 4.90 Å². The molecule has 26 heavy (non-hydrogen) atoms. The molecule has 0 saturated carbocycles. The van der Waals surface area contributed by atoms with Crippen molar-refractivity contribution in [2.75, 3.05) is 20.0 Å². The summed E-state index contributed by atoms with van der Waals surface area (Å²) < 4.78 is 10.1. The molecule has 3 aromatic rings. The number of carbonyl (C=O) groups is 1. The third-order valence-corrected chi connectivity index (χ3v) is 4.80. The molecule has 1 aromatic heterocycles. The molecule has 6 nitrogen and oxygen atoms in total. The topological polar surface area (TPSA) is 84.4 Å². The van der Waals surface area contributed by atoms with Crippen LogP contribution in [0.1, 0.15) is 5.82 Å². The van der Waals surface area contributed by atoms with Crippen molar-refractivity contribution < 1.29 is 19.4 Å². The lowest BCUT2D eigenvalue weighted by molar-refractivity contribution is -0.133. The minimum atomic E-state index is -0.651. The zero-order chi connectivity index (χ0) is 18.5. The molecule has 0 aliphatic heterocycles. The lowest BCUT2D eigenvalue weighted by Gasteiger charge is -2.09. The number of methoxy groups -OCH3 is 2. The molecule has 0 aliphatic carbocycles. The summed E-state index contributed by atoms with van der Waals surface area (Å²) in [5.74, 6) is 0.376. The van der Waals surface area contributed by atoms with Crippen molar-refractivity contribution in [3.63, 3.8) is 0 Å². The Morgan fingerprint density at radius 3 is 2.62 bits per heavy atom. The first-order chi connectivity index (χ1) is 12.6. The van der Waals surface area contributed by atoms with E-state index in [1.165, 1.54) is 18.9 Å². The van der Waals surface area contributed by atoms with Crippen LogP contribution in [0, 0.1) is 0 Å². The predicted molar refractivity (Wildman–Crippen MR) is 101 cm³/mol. The number of hydrogen-bond donors (Lipinski definition) is 2. The van der Waals surface area contributed by atoms with Gasteiger partial charge in [0.15, 0.2) is 0 Å². The Bertz CT molecular complexity index is 932. The molecule has 0 bridgehead atoms. The van der Waals surface area contributed by atoms with Gasteiger partial charge in [-0.3, -0.25) is 0 Å². The van der Waals surface area contributed by atoms with Gasteiger partial charge in [0.2, 0.25) is 0 Å². The van der Waals surface area contributed by atoms with Crippen LogP contribution in [-0.2, 0) is 9.53 Å². The van der Waals surface area contributed by atoms with Crippen molar-refractivity contribution in [1.29, 1.82) is 0 Å². The number of aromatic amines is 1. The fourth-order valence-electron chi connectivity index (χ4n) is 2.48. The molecule has 0 unspecified atom stereocenters. The van der Waals surface area contributed by atoms with Gasteiger partial charge in [0.05, 0.1) is 31.0 Å². The molecule has 0 spiro atoms. The van der Waals surface area contributed by atoms with E-state index in [9.17, 15) is 9.90 Å². The molecule has 2 N–H and O–H groups in total. The molecule has 1 heterocycles. The zero-order valence-electron chi connectivity index (χ0n) is 14.4. The Balaban J connectivity index is 1.93. The maximum Gasteiger partial charge on any atom is 0.345 e. The molecule has 3 rings (SSSR count). The maximum atomic E-state index is 12.2. The highest BCUT2D eigenvalue weighted by Gasteiger charge is 2.22. The first-order valence-electron chi connectivity index (χ1n) is 7.85. The van der Waals surface area contributed by atoms with Gasteiger partial charge in [0.1, 0.15) is 22.9 Å². The molecule has 134 valence electrons. The number of esters is 1. The fourth-order valence-corrected chi connectivity index (χ4v) is 3.39. The number of nitrogens with zero attached hydrogens (tertiary/aromatic N) is 1. The number of H-pyrrole nitrogens is 1. The number of hydrogen-bond acceptors (Lipinski definition) is 6. The summed E-state index contributed by atoms with van der Waals surface area (Å²) >= 11 is 1.36. The van der Waals surface area contributed by atoms with E-state index >= 15 is 0 Å². The molecule has 7 heteroatoms. The van der Waals surface area contributed by atoms with Crippen LogP contribution in [0.15, 0.2) is 59.2 Å². The number of rotatable bonds is 6. The van der Waals surface area contributed by atoms with Gasteiger partial charge in [-0.05, 0) is 24.3 Å². The third kappa shape index (κ3) is 3.67. The summed E-state index contributed by atoms with van der Waals surface area (Å²) in [7, 11) is 2.86. The van der Waals surface area contributed by atoms with Gasteiger partial charge in [-0.15, -0.1) is 11.8 Å². The first kappa shape index (κ1) is 17.9. The van der Waals surface area contributed by atoms with Crippen LogP contribution >= 0.6 is 11.8 Å². The van der Waals surface area contributed by atoms with E-state index in [4.69, 9.17) is 9.47 Å². The number of aliphatic hydroxyl groups is 1. The van der Waals surface area contributed by atoms with E-state index < -0.39 is 5.97 Å². The molecule has 0 atom stereocenters. The quantitative estimate of drug-likeness (QED) is 0.297. The maximum absolute atomic E-state index is 12.2. The smallest absolute Gasteiger partial charge is 0.345 e. The summed E-state index contributed by atoms with van der Waals surface area (Å²) in [6.07, 6.45) is 0. The second-order valence-electron chi connectivity index (χ2n) is 5.36. The normalized spacial score (nSPS) is 11.9. The number of thioether (sulfide) groups is 1. The minimum Gasteiger partial charge on any atom is -0.510 e. The van der Waals surface area contributed by atoms with Crippen molar-refractivity contribution in [1.82, 2.24) is 9.97 Å². The molecule has 0 aliphatic rings. The minimum absolute atomic E-state index is 0.0195. The van der Waals surface area contributed by atoms with Crippen LogP contribution in [0.2, 0.25) is 0 Å². The molecule has 0 radical (unpaired) electrons. The van der Waals surface area contributed by atoms with E-state index in [0.29, 0.717) is 11.3 Å². The second kappa shape index (κ2) is 7.97. The Kier molecular flexibility index (Phi) is 5.48. The van der Waals surface area contributed by atoms with E-state index in [1.54, 1.807) is 7.11 Å². The Morgan fingerprint density at radius 2 is 1.88 bits per heavy atom. The number of imidazole rings is 1. The summed E-state index contributed by atoms with van der Waals surface area (Å²) in [6, 6.07) is 14.9. The van der Waals surface area contributed by atoms with E-state index in [-0.39, 0.29) is 22.9 Å². The molecule has 0 fully saturated rings. The lowest BCUT2D eigenvalue weighted by Crippen LogP contribution is -2.09. The van der Waals surface area contributed by atoms with Gasteiger partial charge in [0.25, 0.3) is 0 Å². The number of nitrogens with one attached hydrogen (secondary N) is 1. The first-order valence-corrected chi connectivity index (χ1v) is 8.84. The van der Waals surface area contributed by atoms with Gasteiger partial charge in [-0.2, -0.15) is 0 Å². The molecule has 2 aromatic carbocycles. The Morgan fingerprint density at radius 1 is 1.15 bits per heavy atom. The van der Waals surface area contributed by atoms with E-state index in [1.807, 2.05) is 48.5 Å². The number of ether oxygens (including phenoxy) is 2. The Hall–Kier alpha value is -2.93. The average Bonchev–Trinajstić information content (AvgIpc) is 3.09. The van der Waals surface area contributed by atoms with Gasteiger partial charge in [0, 0.05) is 4.90 Å². The summed E-state index contributed by atoms with van der Waals surface area (Å²) in [4.78, 5) is 20.5. The van der Waals surface area contributed by atoms with Crippen LogP contribution in [0.5, 0.6) is 5.75 Å². The van der Waals surface area contributed by atoms with E-state index in [2.05, 4.69) is 9.97 Å². The average molecular weight is 370 g/mol. The van der Waals surface area contributed by atoms with Crippen LogP contribution in [0.4, 0.5) is 0 Å². The Labute approximate surface area is 154 Å². The molecular weight excluding hydrogens is 352 g/mol. The van der Waals surface area contributed by atoms with Gasteiger partial charge in [-0.1, -0.05) is 24.3 Å². The van der Waals surface area contributed by atoms with Crippen molar-refractivity contribution in [3.8, 4) is 5.75 Å². The number of benzene rings is 2. The monoisotopic (exact) mass is 370 g/mol. The highest BCUT2D eigenvalue weighted by Crippen LogP contribution is 2.31. The largest absolute Gasteiger partial charge is 0.510 e. The summed E-state index contributed by atoms with van der Waals surface area (Å²) in [6.45, 7) is 0. The van der Waals surface area contributed by atoms with Crippen LogP contribution < -0.4 is 4.74 Å². The molecular formula is C19H18N2O4S. The van der Waals surface area contributed by atoms with Gasteiger partial charge >= 0.3 is 5.97 Å². The molecule has 0 amide bonds. The highest BCUT2D eigenvalue weighted by molar-refractivity contribution is 7.99. The van der Waals surface area contributed by atoms with Crippen LogP contribution in [-0.4, -0.2) is 41.0 Å². The van der Waals surface area contributed by atoms with Gasteiger partial charge in [-0.25, -0.2) is 9.78 Å². The lowest BCUT2D eigenvalue weighted by atomic mass is 10.2. The predicted octanol–water partition coefficient (Wildman–Crippen LogP) is 3.81. The number of carbonyl (C=O) groups excluding carboxylic acids is 1. The number of para-hydroxylation sites is 3. The number of aliphatic hydroxyl groups excluding tert-OH is 1. The SMILES string of the molecule is COC(=O)/C(=C(/O)CSc1ccccc1OC)c1nc2ccccc2[nH]1. The van der Waals surface area contributed by atoms with Gasteiger partial charge < -0.3 is 19.6 Å². The standard InChI is InChI=1S/C19H18N2O4S/c1-24-15-9-5-6-10-16(15)26-11-14(22)17(19(23)25-2)18-20-12-7-3-4-8-13(12)21-18/h3-10,22H,11H2,1-2H3,(H,20,21)/b17-14+. The number of aromatic nitrogens is 2. The van der Waals surface area contributed by atoms with Crippen molar-refractivity contribution >= 4 is 34.3 Å². The fraction of sp³-hybridized carbons (Fsp3) is 0.158. The third-order valence-electron chi connectivity index (χ3n) is 3.74. The van der Waals surface area contributed by atoms with Crippen LogP contribution in [0.3, 0.4) is 0 Å². The van der Waals surface area contributed by atoms with Crippen molar-refractivity contribution in [2.24, 2.45) is 0 Å². The van der Waals surface area contributed by atoms with E-state index in [0.717, 1.165) is 10.4 Å². The summed E-state index contributed by atoms with van der Waals surface area (Å²) in [5, 5.41) is 10.6.